The average Bonchev–Trinajstić information content (AvgIpc) is 3.25. The fraction of sp³-hybridized carbons (Fsp3) is 0.292. The Hall–Kier alpha value is -3.32. The highest BCUT2D eigenvalue weighted by Gasteiger charge is 2.22. The van der Waals surface area contributed by atoms with Gasteiger partial charge >= 0.3 is 0 Å². The maximum Gasteiger partial charge on any atom is 0.261 e. The lowest BCUT2D eigenvalue weighted by atomic mass is 10.1. The molecule has 1 amide bonds. The minimum Gasteiger partial charge on any atom is -0.493 e. The Kier molecular flexibility index (Phi) is 7.89. The Morgan fingerprint density at radius 2 is 2.00 bits per heavy atom. The summed E-state index contributed by atoms with van der Waals surface area (Å²) < 4.78 is 16.9. The number of benzene rings is 2. The van der Waals surface area contributed by atoms with Gasteiger partial charge in [-0.05, 0) is 50.1 Å². The molecule has 168 valence electrons. The number of ether oxygens (including phenoxy) is 2. The molecule has 0 spiro atoms. The standard InChI is InChI=1S/C24H26ClN3O4/c1-5-8-17-11-12-20(21(13-17)30-4)31-15-23(29)28(16(2)3)14-22-26-27-24(32-22)18-9-6-7-10-19(18)25/h5-7,9-13,16H,1,8,14-15H2,2-4H3. The number of halogens is 1. The summed E-state index contributed by atoms with van der Waals surface area (Å²) in [5.41, 5.74) is 1.69. The van der Waals surface area contributed by atoms with E-state index in [1.807, 2.05) is 44.2 Å². The van der Waals surface area contributed by atoms with Crippen molar-refractivity contribution in [3.63, 3.8) is 0 Å². The Balaban J connectivity index is 1.68. The average molecular weight is 456 g/mol. The summed E-state index contributed by atoms with van der Waals surface area (Å²) in [4.78, 5) is 14.5. The molecule has 0 aliphatic rings. The zero-order valence-corrected chi connectivity index (χ0v) is 19.1. The number of rotatable bonds is 10. The molecule has 0 saturated carbocycles. The van der Waals surface area contributed by atoms with Crippen LogP contribution in [0.2, 0.25) is 5.02 Å². The zero-order chi connectivity index (χ0) is 23.1. The molecule has 0 unspecified atom stereocenters. The number of allylic oxidation sites excluding steroid dienone is 1. The van der Waals surface area contributed by atoms with E-state index in [1.54, 1.807) is 30.2 Å². The van der Waals surface area contributed by atoms with Crippen LogP contribution in [0.1, 0.15) is 25.3 Å². The lowest BCUT2D eigenvalue weighted by molar-refractivity contribution is -0.136. The summed E-state index contributed by atoms with van der Waals surface area (Å²) in [6.45, 7) is 7.57. The van der Waals surface area contributed by atoms with Gasteiger partial charge in [-0.2, -0.15) is 0 Å². The summed E-state index contributed by atoms with van der Waals surface area (Å²) in [6.07, 6.45) is 2.53. The molecule has 7 nitrogen and oxygen atoms in total. The van der Waals surface area contributed by atoms with Crippen LogP contribution in [0.15, 0.2) is 59.5 Å². The SMILES string of the molecule is C=CCc1ccc(OCC(=O)N(Cc2nnc(-c3ccccc3Cl)o2)C(C)C)c(OC)c1. The molecule has 0 fully saturated rings. The lowest BCUT2D eigenvalue weighted by Crippen LogP contribution is -2.39. The summed E-state index contributed by atoms with van der Waals surface area (Å²) >= 11 is 6.20. The van der Waals surface area contributed by atoms with Gasteiger partial charge in [-0.3, -0.25) is 4.79 Å². The molecule has 0 radical (unpaired) electrons. The predicted octanol–water partition coefficient (Wildman–Crippen LogP) is 4.94. The molecule has 1 aromatic heterocycles. The van der Waals surface area contributed by atoms with Crippen LogP contribution in [0.25, 0.3) is 11.5 Å². The van der Waals surface area contributed by atoms with Gasteiger partial charge in [0.05, 0.1) is 24.2 Å². The van der Waals surface area contributed by atoms with Gasteiger partial charge in [0.15, 0.2) is 18.1 Å². The van der Waals surface area contributed by atoms with Crippen LogP contribution in [-0.2, 0) is 17.8 Å². The van der Waals surface area contributed by atoms with Gasteiger partial charge in [-0.25, -0.2) is 0 Å². The number of carbonyl (C=O) groups excluding carboxylic acids is 1. The summed E-state index contributed by atoms with van der Waals surface area (Å²) in [5, 5.41) is 8.65. The normalized spacial score (nSPS) is 10.8. The molecule has 0 N–H and O–H groups in total. The van der Waals surface area contributed by atoms with Crippen LogP contribution in [0.5, 0.6) is 11.5 Å². The fourth-order valence-corrected chi connectivity index (χ4v) is 3.33. The zero-order valence-electron chi connectivity index (χ0n) is 18.4. The monoisotopic (exact) mass is 455 g/mol. The number of amides is 1. The van der Waals surface area contributed by atoms with E-state index >= 15 is 0 Å². The van der Waals surface area contributed by atoms with Crippen LogP contribution < -0.4 is 9.47 Å². The highest BCUT2D eigenvalue weighted by molar-refractivity contribution is 6.33. The molecular weight excluding hydrogens is 430 g/mol. The largest absolute Gasteiger partial charge is 0.493 e. The Labute approximate surface area is 192 Å². The van der Waals surface area contributed by atoms with Gasteiger partial charge in [0.25, 0.3) is 5.91 Å². The summed E-state index contributed by atoms with van der Waals surface area (Å²) in [6, 6.07) is 12.7. The highest BCUT2D eigenvalue weighted by Crippen LogP contribution is 2.29. The van der Waals surface area contributed by atoms with Gasteiger partial charge in [0.2, 0.25) is 11.8 Å². The molecule has 0 bridgehead atoms. The second kappa shape index (κ2) is 10.8. The first-order valence-electron chi connectivity index (χ1n) is 10.2. The number of nitrogens with zero attached hydrogens (tertiary/aromatic N) is 3. The van der Waals surface area contributed by atoms with Crippen molar-refractivity contribution in [2.45, 2.75) is 32.9 Å². The van der Waals surface area contributed by atoms with Crippen LogP contribution in [0.4, 0.5) is 0 Å². The molecule has 0 aliphatic carbocycles. The van der Waals surface area contributed by atoms with E-state index in [9.17, 15) is 4.79 Å². The first-order chi connectivity index (χ1) is 15.4. The van der Waals surface area contributed by atoms with E-state index < -0.39 is 0 Å². The minimum atomic E-state index is -0.213. The third-order valence-electron chi connectivity index (χ3n) is 4.78. The van der Waals surface area contributed by atoms with Gasteiger partial charge in [0, 0.05) is 6.04 Å². The lowest BCUT2D eigenvalue weighted by Gasteiger charge is -2.25. The van der Waals surface area contributed by atoms with Crippen molar-refractivity contribution in [1.82, 2.24) is 15.1 Å². The minimum absolute atomic E-state index is 0.0985. The van der Waals surface area contributed by atoms with E-state index in [1.165, 1.54) is 0 Å². The van der Waals surface area contributed by atoms with Crippen LogP contribution in [-0.4, -0.2) is 40.8 Å². The number of aromatic nitrogens is 2. The number of methoxy groups -OCH3 is 1. The van der Waals surface area contributed by atoms with Crippen molar-refractivity contribution in [1.29, 1.82) is 0 Å². The molecule has 32 heavy (non-hydrogen) atoms. The molecule has 3 rings (SSSR count). The number of hydrogen-bond acceptors (Lipinski definition) is 6. The smallest absolute Gasteiger partial charge is 0.261 e. The van der Waals surface area contributed by atoms with Crippen LogP contribution in [0.3, 0.4) is 0 Å². The van der Waals surface area contributed by atoms with Gasteiger partial charge in [0.1, 0.15) is 0 Å². The Bertz CT molecular complexity index is 1080. The van der Waals surface area contributed by atoms with Crippen molar-refractivity contribution < 1.29 is 18.7 Å². The van der Waals surface area contributed by atoms with Crippen molar-refractivity contribution in [3.05, 3.63) is 71.6 Å². The summed E-state index contributed by atoms with van der Waals surface area (Å²) in [7, 11) is 1.56. The number of hydrogen-bond donors (Lipinski definition) is 0. The van der Waals surface area contributed by atoms with Crippen molar-refractivity contribution in [2.75, 3.05) is 13.7 Å². The van der Waals surface area contributed by atoms with E-state index in [-0.39, 0.29) is 25.1 Å². The van der Waals surface area contributed by atoms with E-state index in [0.717, 1.165) is 12.0 Å². The third kappa shape index (κ3) is 5.68. The molecular formula is C24H26ClN3O4. The second-order valence-corrected chi connectivity index (χ2v) is 7.77. The molecule has 2 aromatic carbocycles. The Morgan fingerprint density at radius 3 is 2.69 bits per heavy atom. The second-order valence-electron chi connectivity index (χ2n) is 7.36. The molecule has 8 heteroatoms. The van der Waals surface area contributed by atoms with E-state index in [4.69, 9.17) is 25.5 Å². The first-order valence-corrected chi connectivity index (χ1v) is 10.6. The first kappa shape index (κ1) is 23.3. The third-order valence-corrected chi connectivity index (χ3v) is 5.11. The topological polar surface area (TPSA) is 77.7 Å². The molecule has 0 saturated heterocycles. The molecule has 0 aliphatic heterocycles. The molecule has 0 atom stereocenters. The maximum absolute atomic E-state index is 12.9. The maximum atomic E-state index is 12.9. The quantitative estimate of drug-likeness (QED) is 0.403. The van der Waals surface area contributed by atoms with Gasteiger partial charge in [-0.15, -0.1) is 16.8 Å². The van der Waals surface area contributed by atoms with E-state index in [2.05, 4.69) is 16.8 Å². The highest BCUT2D eigenvalue weighted by atomic mass is 35.5. The van der Waals surface area contributed by atoms with Gasteiger partial charge in [-0.1, -0.05) is 35.9 Å². The van der Waals surface area contributed by atoms with Crippen molar-refractivity contribution >= 4 is 17.5 Å². The Morgan fingerprint density at radius 1 is 1.22 bits per heavy atom. The van der Waals surface area contributed by atoms with Crippen molar-refractivity contribution in [3.8, 4) is 23.0 Å². The van der Waals surface area contributed by atoms with Crippen LogP contribution in [0, 0.1) is 0 Å². The predicted molar refractivity (Wildman–Crippen MR) is 123 cm³/mol. The molecule has 1 heterocycles. The summed E-state index contributed by atoms with van der Waals surface area (Å²) in [5.74, 6) is 1.47. The van der Waals surface area contributed by atoms with Crippen molar-refractivity contribution in [2.24, 2.45) is 0 Å². The molecule has 3 aromatic rings. The number of carbonyl (C=O) groups is 1. The fourth-order valence-electron chi connectivity index (χ4n) is 3.11. The van der Waals surface area contributed by atoms with Gasteiger partial charge < -0.3 is 18.8 Å². The van der Waals surface area contributed by atoms with Crippen LogP contribution >= 0.6 is 11.6 Å². The van der Waals surface area contributed by atoms with E-state index in [0.29, 0.717) is 33.9 Å².